The van der Waals surface area contributed by atoms with E-state index in [2.05, 4.69) is 4.74 Å². The molecule has 0 N–H and O–H groups in total. The molecule has 0 saturated heterocycles. The molecule has 0 aliphatic carbocycles. The van der Waals surface area contributed by atoms with Gasteiger partial charge in [-0.05, 0) is 18.6 Å². The lowest BCUT2D eigenvalue weighted by molar-refractivity contribution is -0.391. The molecule has 0 aliphatic rings. The van der Waals surface area contributed by atoms with Gasteiger partial charge in [-0.2, -0.15) is 4.39 Å². The molecule has 4 nitrogen and oxygen atoms in total. The number of nitro benzene ring substituents is 1. The van der Waals surface area contributed by atoms with Crippen LogP contribution in [0.3, 0.4) is 0 Å². The molecule has 0 unspecified atom stereocenters. The minimum atomic E-state index is -5.10. The number of hydrogen-bond acceptors (Lipinski definition) is 3. The number of nitro groups is 1. The van der Waals surface area contributed by atoms with E-state index in [0.29, 0.717) is 6.07 Å². The van der Waals surface area contributed by atoms with Crippen molar-refractivity contribution in [1.82, 2.24) is 0 Å². The van der Waals surface area contributed by atoms with Crippen LogP contribution in [0, 0.1) is 22.9 Å². The maximum absolute atomic E-state index is 13.2. The minimum absolute atomic E-state index is 0.138. The molecule has 0 fully saturated rings. The van der Waals surface area contributed by atoms with Crippen LogP contribution in [-0.4, -0.2) is 11.3 Å². The monoisotopic (exact) mass is 239 g/mol. The van der Waals surface area contributed by atoms with E-state index in [1.54, 1.807) is 0 Å². The minimum Gasteiger partial charge on any atom is -0.398 e. The quantitative estimate of drug-likeness (QED) is 0.453. The topological polar surface area (TPSA) is 52.4 Å². The molecule has 0 aliphatic heterocycles. The summed E-state index contributed by atoms with van der Waals surface area (Å²) >= 11 is 0. The third-order valence-corrected chi connectivity index (χ3v) is 1.68. The number of halogens is 4. The summed E-state index contributed by atoms with van der Waals surface area (Å²) in [5.41, 5.74) is -1.46. The summed E-state index contributed by atoms with van der Waals surface area (Å²) < 4.78 is 52.1. The number of ether oxygens (including phenoxy) is 1. The lowest BCUT2D eigenvalue weighted by Gasteiger charge is -2.09. The van der Waals surface area contributed by atoms with Crippen LogP contribution in [0.2, 0.25) is 0 Å². The van der Waals surface area contributed by atoms with Gasteiger partial charge in [0, 0.05) is 0 Å². The summed E-state index contributed by atoms with van der Waals surface area (Å²) in [5, 5.41) is 10.4. The van der Waals surface area contributed by atoms with Gasteiger partial charge in [-0.25, -0.2) is 0 Å². The Bertz CT molecular complexity index is 430. The first kappa shape index (κ1) is 12.2. The summed E-state index contributed by atoms with van der Waals surface area (Å²) in [6.45, 7) is 1.19. The molecule has 0 bridgehead atoms. The van der Waals surface area contributed by atoms with Gasteiger partial charge in [0.2, 0.25) is 11.6 Å². The maximum atomic E-state index is 13.2. The number of rotatable bonds is 2. The van der Waals surface area contributed by atoms with E-state index in [4.69, 9.17) is 0 Å². The van der Waals surface area contributed by atoms with E-state index < -0.39 is 28.5 Å². The highest BCUT2D eigenvalue weighted by Gasteiger charge is 2.36. The van der Waals surface area contributed by atoms with Gasteiger partial charge in [-0.15, -0.1) is 13.2 Å². The first-order valence-corrected chi connectivity index (χ1v) is 3.91. The van der Waals surface area contributed by atoms with Crippen LogP contribution >= 0.6 is 0 Å². The van der Waals surface area contributed by atoms with Gasteiger partial charge >= 0.3 is 12.0 Å². The largest absolute Gasteiger partial charge is 0.573 e. The number of aryl methyl sites for hydroxylation is 1. The van der Waals surface area contributed by atoms with Crippen molar-refractivity contribution in [1.29, 1.82) is 0 Å². The van der Waals surface area contributed by atoms with Crippen LogP contribution in [0.25, 0.3) is 0 Å². The number of alkyl halides is 3. The molecule has 0 aromatic heterocycles. The van der Waals surface area contributed by atoms with E-state index in [1.807, 2.05) is 0 Å². The van der Waals surface area contributed by atoms with Crippen LogP contribution in [0.5, 0.6) is 5.75 Å². The lowest BCUT2D eigenvalue weighted by Crippen LogP contribution is -2.18. The lowest BCUT2D eigenvalue weighted by atomic mass is 10.2. The standard InChI is InChI=1S/C8H5F4NO3/c1-4-2-3-5(16-8(10,11)12)7(6(4)9)13(14)15/h2-3H,1H3. The zero-order chi connectivity index (χ0) is 12.5. The Morgan fingerprint density at radius 1 is 1.38 bits per heavy atom. The van der Waals surface area contributed by atoms with Gasteiger partial charge < -0.3 is 4.74 Å². The average molecular weight is 239 g/mol. The first-order chi connectivity index (χ1) is 7.22. The van der Waals surface area contributed by atoms with Crippen LogP contribution in [0.4, 0.5) is 23.2 Å². The summed E-state index contributed by atoms with van der Waals surface area (Å²) in [6.07, 6.45) is -5.10. The van der Waals surface area contributed by atoms with Crippen LogP contribution in [0.1, 0.15) is 5.56 Å². The molecule has 0 saturated carbocycles. The van der Waals surface area contributed by atoms with E-state index in [-0.39, 0.29) is 5.56 Å². The normalized spacial score (nSPS) is 11.3. The fourth-order valence-electron chi connectivity index (χ4n) is 1.02. The van der Waals surface area contributed by atoms with Crippen molar-refractivity contribution >= 4 is 5.69 Å². The van der Waals surface area contributed by atoms with Gasteiger partial charge in [0.25, 0.3) is 0 Å². The third-order valence-electron chi connectivity index (χ3n) is 1.68. The molecule has 88 valence electrons. The SMILES string of the molecule is Cc1ccc(OC(F)(F)F)c([N+](=O)[O-])c1F. The van der Waals surface area contributed by atoms with Crippen LogP contribution in [-0.2, 0) is 0 Å². The Morgan fingerprint density at radius 3 is 2.38 bits per heavy atom. The molecule has 16 heavy (non-hydrogen) atoms. The van der Waals surface area contributed by atoms with Gasteiger partial charge in [-0.1, -0.05) is 6.07 Å². The molecule has 1 rings (SSSR count). The highest BCUT2D eigenvalue weighted by atomic mass is 19.4. The Balaban J connectivity index is 3.29. The maximum Gasteiger partial charge on any atom is 0.573 e. The van der Waals surface area contributed by atoms with Crippen molar-refractivity contribution in [3.8, 4) is 5.75 Å². The van der Waals surface area contributed by atoms with E-state index >= 15 is 0 Å². The van der Waals surface area contributed by atoms with E-state index in [0.717, 1.165) is 6.07 Å². The molecule has 0 heterocycles. The Hall–Kier alpha value is -1.86. The van der Waals surface area contributed by atoms with Gasteiger partial charge in [0.15, 0.2) is 0 Å². The van der Waals surface area contributed by atoms with Gasteiger partial charge in [0.05, 0.1) is 4.92 Å². The van der Waals surface area contributed by atoms with E-state index in [1.165, 1.54) is 6.92 Å². The average Bonchev–Trinajstić information content (AvgIpc) is 2.08. The zero-order valence-electron chi connectivity index (χ0n) is 7.84. The Morgan fingerprint density at radius 2 is 1.94 bits per heavy atom. The summed E-state index contributed by atoms with van der Waals surface area (Å²) in [5.74, 6) is -2.51. The predicted octanol–water partition coefficient (Wildman–Crippen LogP) is 2.94. The molecule has 0 atom stereocenters. The van der Waals surface area contributed by atoms with Crippen molar-refractivity contribution in [2.24, 2.45) is 0 Å². The Labute approximate surface area is 86.6 Å². The molecular weight excluding hydrogens is 234 g/mol. The number of benzene rings is 1. The van der Waals surface area contributed by atoms with Crippen LogP contribution in [0.15, 0.2) is 12.1 Å². The summed E-state index contributed by atoms with van der Waals surface area (Å²) in [7, 11) is 0. The van der Waals surface area contributed by atoms with Crippen molar-refractivity contribution in [3.05, 3.63) is 33.6 Å². The van der Waals surface area contributed by atoms with Crippen molar-refractivity contribution in [3.63, 3.8) is 0 Å². The molecule has 0 radical (unpaired) electrons. The van der Waals surface area contributed by atoms with Gasteiger partial charge in [0.1, 0.15) is 0 Å². The highest BCUT2D eigenvalue weighted by Crippen LogP contribution is 2.35. The third kappa shape index (κ3) is 2.59. The molecule has 0 spiro atoms. The summed E-state index contributed by atoms with van der Waals surface area (Å²) in [6, 6.07) is 1.66. The second kappa shape index (κ2) is 3.95. The summed E-state index contributed by atoms with van der Waals surface area (Å²) in [4.78, 5) is 9.14. The smallest absolute Gasteiger partial charge is 0.398 e. The number of hydrogen-bond donors (Lipinski definition) is 0. The van der Waals surface area contributed by atoms with Crippen LogP contribution < -0.4 is 4.74 Å². The second-order valence-electron chi connectivity index (χ2n) is 2.85. The fraction of sp³-hybridized carbons (Fsp3) is 0.250. The highest BCUT2D eigenvalue weighted by molar-refractivity contribution is 5.50. The second-order valence-corrected chi connectivity index (χ2v) is 2.85. The van der Waals surface area contributed by atoms with Crippen molar-refractivity contribution in [2.45, 2.75) is 13.3 Å². The predicted molar refractivity (Wildman–Crippen MR) is 44.5 cm³/mol. The van der Waals surface area contributed by atoms with Crippen molar-refractivity contribution in [2.75, 3.05) is 0 Å². The fourth-order valence-corrected chi connectivity index (χ4v) is 1.02. The first-order valence-electron chi connectivity index (χ1n) is 3.91. The number of nitrogens with zero attached hydrogens (tertiary/aromatic N) is 1. The van der Waals surface area contributed by atoms with Gasteiger partial charge in [-0.3, -0.25) is 10.1 Å². The molecular formula is C8H5F4NO3. The van der Waals surface area contributed by atoms with Crippen molar-refractivity contribution < 1.29 is 27.2 Å². The molecule has 8 heteroatoms. The van der Waals surface area contributed by atoms with E-state index in [9.17, 15) is 27.7 Å². The Kier molecular flexibility index (Phi) is 3.02. The molecule has 1 aromatic carbocycles. The molecule has 1 aromatic rings. The zero-order valence-corrected chi connectivity index (χ0v) is 7.84. The molecule has 0 amide bonds.